The Bertz CT molecular complexity index is 1500. The molecule has 1 saturated carbocycles. The van der Waals surface area contributed by atoms with Gasteiger partial charge in [-0.15, -0.1) is 5.10 Å². The summed E-state index contributed by atoms with van der Waals surface area (Å²) in [5.41, 5.74) is 9.09. The van der Waals surface area contributed by atoms with E-state index < -0.39 is 30.4 Å². The molecule has 13 heteroatoms. The van der Waals surface area contributed by atoms with Crippen LogP contribution in [0.2, 0.25) is 0 Å². The van der Waals surface area contributed by atoms with Crippen LogP contribution >= 0.6 is 0 Å². The van der Waals surface area contributed by atoms with Gasteiger partial charge in [-0.1, -0.05) is 61.8 Å². The monoisotopic (exact) mass is 621 g/mol. The van der Waals surface area contributed by atoms with Crippen LogP contribution in [0.15, 0.2) is 87.8 Å². The number of hydrogen-bond acceptors (Lipinski definition) is 5. The molecule has 1 unspecified atom stereocenters. The van der Waals surface area contributed by atoms with Crippen LogP contribution in [-0.2, 0) is 9.59 Å². The van der Waals surface area contributed by atoms with Crippen molar-refractivity contribution >= 4 is 35.1 Å². The molecule has 2 aromatic carbocycles. The number of allylic oxidation sites excluding steroid dienone is 1. The standard InChI is InChI=1S/C32H37F2N7O4/c1-36-40-39-28(35)25-8-5-9-26(18-25)38-31(45)41(27-16-14-23(15-17-27)22-6-3-2-4-7-22)19-21-10-12-24(13-11-21)29(42)37-20-32(33,34)30(43)44/h5,8-10,12-18,21-22H,2-4,6-7,11,19-20H2,1H3,(H,37,42)(H,38,45)(H,43,44)(H2,35,36,39). The Hall–Kier alpha value is -4.94. The van der Waals surface area contributed by atoms with Crippen molar-refractivity contribution in [2.75, 3.05) is 30.4 Å². The second-order valence-electron chi connectivity index (χ2n) is 11.0. The number of alkyl halides is 2. The fourth-order valence-electron chi connectivity index (χ4n) is 5.34. The zero-order chi connectivity index (χ0) is 32.4. The predicted molar refractivity (Wildman–Crippen MR) is 168 cm³/mol. The maximum atomic E-state index is 13.7. The number of anilines is 2. The molecule has 1 atom stereocenters. The highest BCUT2D eigenvalue weighted by Crippen LogP contribution is 2.34. The quantitative estimate of drug-likeness (QED) is 0.108. The topological polar surface area (TPSA) is 162 Å². The summed E-state index contributed by atoms with van der Waals surface area (Å²) in [4.78, 5) is 38.3. The SMILES string of the molecule is CN=NN=C(N)c1cccc(NC(=O)N(CC2C=CC(C(=O)NCC(F)(F)C(=O)O)=CC2)c2ccc(C3CCCCC3)cc2)c1. The zero-order valence-corrected chi connectivity index (χ0v) is 25.0. The van der Waals surface area contributed by atoms with Crippen molar-refractivity contribution in [1.82, 2.24) is 5.32 Å². The number of rotatable bonds is 11. The Kier molecular flexibility index (Phi) is 11.1. The first kappa shape index (κ1) is 33.0. The van der Waals surface area contributed by atoms with Gasteiger partial charge in [0.05, 0.1) is 13.6 Å². The van der Waals surface area contributed by atoms with Crippen LogP contribution in [-0.4, -0.2) is 54.9 Å². The van der Waals surface area contributed by atoms with Gasteiger partial charge in [-0.05, 0) is 66.2 Å². The van der Waals surface area contributed by atoms with Crippen molar-refractivity contribution in [3.8, 4) is 0 Å². The highest BCUT2D eigenvalue weighted by Gasteiger charge is 2.39. The number of carboxylic acid groups (broad SMARTS) is 1. The van der Waals surface area contributed by atoms with Crippen LogP contribution in [0.25, 0.3) is 0 Å². The number of carbonyl (C=O) groups excluding carboxylic acids is 2. The minimum atomic E-state index is -4.07. The summed E-state index contributed by atoms with van der Waals surface area (Å²) in [6.07, 6.45) is 11.1. The van der Waals surface area contributed by atoms with E-state index in [4.69, 9.17) is 10.8 Å². The van der Waals surface area contributed by atoms with Crippen LogP contribution in [0.3, 0.4) is 0 Å². The maximum Gasteiger partial charge on any atom is 0.376 e. The fourth-order valence-corrected chi connectivity index (χ4v) is 5.34. The average molecular weight is 622 g/mol. The van der Waals surface area contributed by atoms with Gasteiger partial charge in [0.2, 0.25) is 0 Å². The summed E-state index contributed by atoms with van der Waals surface area (Å²) >= 11 is 0. The molecule has 0 aromatic heterocycles. The van der Waals surface area contributed by atoms with Crippen molar-refractivity contribution in [3.63, 3.8) is 0 Å². The summed E-state index contributed by atoms with van der Waals surface area (Å²) in [6.45, 7) is -1.06. The number of nitrogens with two attached hydrogens (primary N) is 1. The smallest absolute Gasteiger partial charge is 0.376 e. The third kappa shape index (κ3) is 9.03. The average Bonchev–Trinajstić information content (AvgIpc) is 3.05. The number of halogens is 2. The first-order valence-electron chi connectivity index (χ1n) is 14.8. The maximum absolute atomic E-state index is 13.7. The molecule has 2 aromatic rings. The van der Waals surface area contributed by atoms with Crippen molar-refractivity contribution in [2.45, 2.75) is 50.4 Å². The molecule has 0 bridgehead atoms. The lowest BCUT2D eigenvalue weighted by molar-refractivity contribution is -0.164. The van der Waals surface area contributed by atoms with Gasteiger partial charge >= 0.3 is 17.9 Å². The Balaban J connectivity index is 1.50. The van der Waals surface area contributed by atoms with E-state index in [1.165, 1.54) is 37.9 Å². The Morgan fingerprint density at radius 1 is 1.09 bits per heavy atom. The van der Waals surface area contributed by atoms with E-state index in [0.29, 0.717) is 29.3 Å². The van der Waals surface area contributed by atoms with E-state index in [0.717, 1.165) is 12.8 Å². The number of amidine groups is 1. The van der Waals surface area contributed by atoms with Gasteiger partial charge in [0, 0.05) is 29.1 Å². The first-order chi connectivity index (χ1) is 21.6. The molecule has 0 saturated heterocycles. The van der Waals surface area contributed by atoms with Crippen molar-refractivity contribution in [2.24, 2.45) is 27.1 Å². The Morgan fingerprint density at radius 3 is 2.47 bits per heavy atom. The minimum Gasteiger partial charge on any atom is -0.477 e. The lowest BCUT2D eigenvalue weighted by atomic mass is 9.84. The predicted octanol–water partition coefficient (Wildman–Crippen LogP) is 5.81. The molecule has 0 aliphatic heterocycles. The van der Waals surface area contributed by atoms with Crippen molar-refractivity contribution in [3.05, 3.63) is 83.5 Å². The molecule has 0 spiro atoms. The molecule has 11 nitrogen and oxygen atoms in total. The molecule has 1 fully saturated rings. The van der Waals surface area contributed by atoms with E-state index in [1.807, 2.05) is 17.4 Å². The number of carbonyl (C=O) groups is 3. The summed E-state index contributed by atoms with van der Waals surface area (Å²) in [5, 5.41) is 24.4. The zero-order valence-electron chi connectivity index (χ0n) is 25.0. The number of aliphatic carboxylic acids is 1. The second kappa shape index (κ2) is 15.2. The molecular weight excluding hydrogens is 584 g/mol. The molecule has 238 valence electrons. The molecule has 3 amide bonds. The summed E-state index contributed by atoms with van der Waals surface area (Å²) in [6, 6.07) is 14.5. The number of hydrogen-bond donors (Lipinski definition) is 4. The number of nitrogens with one attached hydrogen (secondary N) is 2. The van der Waals surface area contributed by atoms with Crippen LogP contribution in [0, 0.1) is 5.92 Å². The molecule has 5 N–H and O–H groups in total. The fraction of sp³-hybridized carbons (Fsp3) is 0.375. The van der Waals surface area contributed by atoms with Gasteiger partial charge in [0.1, 0.15) is 0 Å². The van der Waals surface area contributed by atoms with E-state index in [-0.39, 0.29) is 23.9 Å². The van der Waals surface area contributed by atoms with E-state index in [1.54, 1.807) is 41.3 Å². The van der Waals surface area contributed by atoms with Crippen LogP contribution in [0.5, 0.6) is 0 Å². The molecular formula is C32H37F2N7O4. The molecule has 2 aliphatic rings. The van der Waals surface area contributed by atoms with Gasteiger partial charge in [-0.3, -0.25) is 9.69 Å². The van der Waals surface area contributed by atoms with Gasteiger partial charge in [0.25, 0.3) is 5.91 Å². The Labute approximate surface area is 260 Å². The third-order valence-corrected chi connectivity index (χ3v) is 7.83. The normalized spacial score (nSPS) is 17.5. The summed E-state index contributed by atoms with van der Waals surface area (Å²) < 4.78 is 26.8. The lowest BCUT2D eigenvalue weighted by Crippen LogP contribution is -2.42. The van der Waals surface area contributed by atoms with E-state index in [2.05, 4.69) is 32.9 Å². The number of urea groups is 1. The minimum absolute atomic E-state index is 0.137. The molecule has 0 heterocycles. The van der Waals surface area contributed by atoms with Gasteiger partial charge in [0.15, 0.2) is 5.84 Å². The Morgan fingerprint density at radius 2 is 1.82 bits per heavy atom. The number of benzene rings is 2. The van der Waals surface area contributed by atoms with Crippen LogP contribution in [0.4, 0.5) is 25.0 Å². The number of carboxylic acids is 1. The summed E-state index contributed by atoms with van der Waals surface area (Å²) in [5.74, 6) is -6.74. The van der Waals surface area contributed by atoms with Gasteiger partial charge < -0.3 is 21.5 Å². The van der Waals surface area contributed by atoms with Crippen molar-refractivity contribution < 1.29 is 28.3 Å². The molecule has 4 rings (SSSR count). The molecule has 45 heavy (non-hydrogen) atoms. The van der Waals surface area contributed by atoms with Crippen LogP contribution in [0.1, 0.15) is 55.6 Å². The van der Waals surface area contributed by atoms with E-state index >= 15 is 0 Å². The van der Waals surface area contributed by atoms with Crippen molar-refractivity contribution in [1.29, 1.82) is 0 Å². The van der Waals surface area contributed by atoms with Gasteiger partial charge in [-0.25, -0.2) is 9.59 Å². The van der Waals surface area contributed by atoms with Crippen LogP contribution < -0.4 is 21.3 Å². The van der Waals surface area contributed by atoms with Gasteiger partial charge in [-0.2, -0.15) is 13.9 Å². The summed E-state index contributed by atoms with van der Waals surface area (Å²) in [7, 11) is 1.47. The molecule has 2 aliphatic carbocycles. The lowest BCUT2D eigenvalue weighted by Gasteiger charge is -2.28. The number of amides is 3. The molecule has 0 radical (unpaired) electrons. The van der Waals surface area contributed by atoms with E-state index in [9.17, 15) is 23.2 Å². The highest BCUT2D eigenvalue weighted by molar-refractivity contribution is 6.03. The highest BCUT2D eigenvalue weighted by atomic mass is 19.3. The second-order valence-corrected chi connectivity index (χ2v) is 11.0. The first-order valence-corrected chi connectivity index (χ1v) is 14.8. The number of nitrogens with zero attached hydrogens (tertiary/aromatic N) is 4. The third-order valence-electron chi connectivity index (χ3n) is 7.83. The largest absolute Gasteiger partial charge is 0.477 e.